The Labute approximate surface area is 85.1 Å². The van der Waals surface area contributed by atoms with Gasteiger partial charge in [-0.3, -0.25) is 0 Å². The van der Waals surface area contributed by atoms with E-state index in [9.17, 15) is 0 Å². The number of fused-ring (bicyclic) bond motifs is 1. The largest absolute Gasteiger partial charge is 0.670 e. The van der Waals surface area contributed by atoms with Gasteiger partial charge in [0.2, 0.25) is 0 Å². The van der Waals surface area contributed by atoms with E-state index >= 15 is 0 Å². The minimum absolute atomic E-state index is 0.371. The maximum absolute atomic E-state index is 5.78. The summed E-state index contributed by atoms with van der Waals surface area (Å²) in [5.74, 6) is 1.96. The number of quaternary nitrogens is 1. The average molecular weight is 193 g/mol. The van der Waals surface area contributed by atoms with Crippen LogP contribution in [0.25, 0.3) is 0 Å². The van der Waals surface area contributed by atoms with Crippen LogP contribution in [0.2, 0.25) is 0 Å². The first kappa shape index (κ1) is 9.40. The summed E-state index contributed by atoms with van der Waals surface area (Å²) in [7, 11) is 5.74. The number of nitrogens with zero attached hydrogens (tertiary/aromatic N) is 1. The lowest BCUT2D eigenvalue weighted by Gasteiger charge is -2.43. The number of hydrogen-bond acceptors (Lipinski definition) is 2. The van der Waals surface area contributed by atoms with E-state index in [1.807, 2.05) is 12.1 Å². The Kier molecular flexibility index (Phi) is 2.15. The summed E-state index contributed by atoms with van der Waals surface area (Å²) in [6, 6.07) is 6.04. The highest BCUT2D eigenvalue weighted by atomic mass is 16.5. The van der Waals surface area contributed by atoms with Gasteiger partial charge in [-0.05, 0) is 18.2 Å². The van der Waals surface area contributed by atoms with E-state index in [0.29, 0.717) is 0 Å². The molecule has 76 valence electrons. The molecule has 1 aliphatic rings. The SMILES string of the molecule is COc1ccc2c(c1)C[N+](C)(C)[BH2-]O2. The molecule has 4 heteroatoms. The second-order valence-corrected chi connectivity index (χ2v) is 4.81. The lowest BCUT2D eigenvalue weighted by molar-refractivity contribution is -0.801. The molecular weight excluding hydrogens is 177 g/mol. The van der Waals surface area contributed by atoms with Crippen LogP contribution in [0.5, 0.6) is 11.5 Å². The maximum atomic E-state index is 5.78. The van der Waals surface area contributed by atoms with Gasteiger partial charge in [-0.1, -0.05) is 0 Å². The molecule has 1 aromatic rings. The molecule has 0 fully saturated rings. The van der Waals surface area contributed by atoms with Gasteiger partial charge in [-0.15, -0.1) is 0 Å². The summed E-state index contributed by atoms with van der Waals surface area (Å²) in [5, 5.41) is 0. The minimum Gasteiger partial charge on any atom is -0.670 e. The number of methoxy groups -OCH3 is 1. The van der Waals surface area contributed by atoms with Crippen LogP contribution in [-0.2, 0) is 6.54 Å². The maximum Gasteiger partial charge on any atom is 0.359 e. The molecule has 2 rings (SSSR count). The summed E-state index contributed by atoms with van der Waals surface area (Å²) in [6.07, 6.45) is 0. The van der Waals surface area contributed by atoms with Gasteiger partial charge in [0.1, 0.15) is 5.75 Å². The van der Waals surface area contributed by atoms with Crippen molar-refractivity contribution in [1.29, 1.82) is 0 Å². The van der Waals surface area contributed by atoms with Crippen LogP contribution < -0.4 is 9.39 Å². The quantitative estimate of drug-likeness (QED) is 0.610. The Morgan fingerprint density at radius 2 is 2.21 bits per heavy atom. The first-order valence-corrected chi connectivity index (χ1v) is 4.97. The van der Waals surface area contributed by atoms with E-state index in [-0.39, 0.29) is 7.62 Å². The summed E-state index contributed by atoms with van der Waals surface area (Å²) in [5.41, 5.74) is 1.25. The fraction of sp³-hybridized carbons (Fsp3) is 0.400. The van der Waals surface area contributed by atoms with Gasteiger partial charge >= 0.3 is 7.62 Å². The van der Waals surface area contributed by atoms with Crippen molar-refractivity contribution in [3.05, 3.63) is 23.8 Å². The second-order valence-electron chi connectivity index (χ2n) is 4.81. The van der Waals surface area contributed by atoms with E-state index in [4.69, 9.17) is 9.39 Å². The number of benzene rings is 1. The smallest absolute Gasteiger partial charge is 0.359 e. The molecule has 0 radical (unpaired) electrons. The molecule has 0 aromatic heterocycles. The van der Waals surface area contributed by atoms with E-state index in [1.54, 1.807) is 7.11 Å². The van der Waals surface area contributed by atoms with Crippen LogP contribution >= 0.6 is 0 Å². The monoisotopic (exact) mass is 193 g/mol. The van der Waals surface area contributed by atoms with Gasteiger partial charge in [0.25, 0.3) is 0 Å². The molecule has 0 saturated carbocycles. The molecule has 0 atom stereocenters. The van der Waals surface area contributed by atoms with Crippen molar-refractivity contribution in [2.75, 3.05) is 21.2 Å². The van der Waals surface area contributed by atoms with Crippen molar-refractivity contribution in [1.82, 2.24) is 0 Å². The van der Waals surface area contributed by atoms with Gasteiger partial charge < -0.3 is 13.8 Å². The zero-order chi connectivity index (χ0) is 10.2. The first-order valence-electron chi connectivity index (χ1n) is 4.97. The molecule has 14 heavy (non-hydrogen) atoms. The second kappa shape index (κ2) is 3.21. The molecule has 0 saturated heterocycles. The predicted octanol–water partition coefficient (Wildman–Crippen LogP) is 0.663. The summed E-state index contributed by atoms with van der Waals surface area (Å²) < 4.78 is 12.0. The molecular formula is C10H16BNO2. The fourth-order valence-electron chi connectivity index (χ4n) is 1.93. The predicted molar refractivity (Wildman–Crippen MR) is 58.0 cm³/mol. The summed E-state index contributed by atoms with van der Waals surface area (Å²) in [4.78, 5) is 0. The van der Waals surface area contributed by atoms with Crippen molar-refractivity contribution in [3.8, 4) is 11.5 Å². The lowest BCUT2D eigenvalue weighted by atomic mass is 10.0. The lowest BCUT2D eigenvalue weighted by Crippen LogP contribution is -2.47. The van der Waals surface area contributed by atoms with Gasteiger partial charge in [0, 0.05) is 19.7 Å². The third kappa shape index (κ3) is 1.70. The van der Waals surface area contributed by atoms with Gasteiger partial charge in [-0.2, -0.15) is 0 Å². The Bertz CT molecular complexity index is 352. The highest BCUT2D eigenvalue weighted by Crippen LogP contribution is 2.29. The van der Waals surface area contributed by atoms with Crippen LogP contribution in [-0.4, -0.2) is 33.2 Å². The van der Waals surface area contributed by atoms with Crippen molar-refractivity contribution in [2.24, 2.45) is 0 Å². The van der Waals surface area contributed by atoms with Crippen molar-refractivity contribution in [3.63, 3.8) is 0 Å². The molecule has 0 aliphatic carbocycles. The third-order valence-corrected chi connectivity index (χ3v) is 2.72. The van der Waals surface area contributed by atoms with Crippen LogP contribution in [0.4, 0.5) is 0 Å². The molecule has 0 bridgehead atoms. The number of rotatable bonds is 1. The van der Waals surface area contributed by atoms with Crippen molar-refractivity contribution < 1.29 is 13.8 Å². The zero-order valence-corrected chi connectivity index (χ0v) is 9.20. The molecule has 3 nitrogen and oxygen atoms in total. The highest BCUT2D eigenvalue weighted by molar-refractivity contribution is 6.19. The van der Waals surface area contributed by atoms with Crippen LogP contribution in [0, 0.1) is 0 Å². The molecule has 1 heterocycles. The Morgan fingerprint density at radius 1 is 1.43 bits per heavy atom. The van der Waals surface area contributed by atoms with Crippen molar-refractivity contribution in [2.45, 2.75) is 6.54 Å². The molecule has 0 spiro atoms. The Morgan fingerprint density at radius 3 is 2.93 bits per heavy atom. The van der Waals surface area contributed by atoms with Crippen LogP contribution in [0.3, 0.4) is 0 Å². The first-order chi connectivity index (χ1) is 6.61. The topological polar surface area (TPSA) is 18.5 Å². The zero-order valence-electron chi connectivity index (χ0n) is 9.20. The van der Waals surface area contributed by atoms with E-state index in [2.05, 4.69) is 20.2 Å². The highest BCUT2D eigenvalue weighted by Gasteiger charge is 2.20. The van der Waals surface area contributed by atoms with Gasteiger partial charge in [-0.25, -0.2) is 0 Å². The minimum atomic E-state index is -0.371. The standard InChI is InChI=1S/C10H16BNO2/c1-12(2)7-8-6-9(13-3)4-5-10(8)14-11-12/h4-6H,7,11H2,1-3H3. The van der Waals surface area contributed by atoms with E-state index in [0.717, 1.165) is 22.4 Å². The molecule has 0 amide bonds. The molecule has 1 aromatic carbocycles. The van der Waals surface area contributed by atoms with Gasteiger partial charge in [0.15, 0.2) is 0 Å². The number of ether oxygens (including phenoxy) is 1. The van der Waals surface area contributed by atoms with Crippen LogP contribution in [0.1, 0.15) is 5.56 Å². The van der Waals surface area contributed by atoms with Gasteiger partial charge in [0.05, 0.1) is 19.4 Å². The normalized spacial score (nSPS) is 18.2. The Hall–Kier alpha value is -1.16. The fourth-order valence-corrected chi connectivity index (χ4v) is 1.93. The average Bonchev–Trinajstić information content (AvgIpc) is 2.15. The molecule has 1 aliphatic heterocycles. The summed E-state index contributed by atoms with van der Waals surface area (Å²) in [6.45, 7) is 1.05. The van der Waals surface area contributed by atoms with E-state index < -0.39 is 0 Å². The van der Waals surface area contributed by atoms with Crippen molar-refractivity contribution >= 4 is 7.62 Å². The molecule has 0 N–H and O–H groups in total. The third-order valence-electron chi connectivity index (χ3n) is 2.72. The molecule has 0 unspecified atom stereocenters. The van der Waals surface area contributed by atoms with E-state index in [1.165, 1.54) is 5.56 Å². The Balaban J connectivity index is 2.34. The number of hydrogen-bond donors (Lipinski definition) is 0. The summed E-state index contributed by atoms with van der Waals surface area (Å²) >= 11 is 0. The van der Waals surface area contributed by atoms with Crippen LogP contribution in [0.15, 0.2) is 18.2 Å².